The summed E-state index contributed by atoms with van der Waals surface area (Å²) >= 11 is 0. The molecule has 2 aromatic rings. The van der Waals surface area contributed by atoms with Crippen molar-refractivity contribution in [1.29, 1.82) is 10.5 Å². The summed E-state index contributed by atoms with van der Waals surface area (Å²) in [6.07, 6.45) is 5.19. The van der Waals surface area contributed by atoms with Crippen molar-refractivity contribution >= 4 is 6.21 Å². The first-order valence-electron chi connectivity index (χ1n) is 5.15. The molecule has 2 rings (SSSR count). The van der Waals surface area contributed by atoms with E-state index in [0.717, 1.165) is 16.7 Å². The van der Waals surface area contributed by atoms with Gasteiger partial charge in [-0.2, -0.15) is 5.10 Å². The van der Waals surface area contributed by atoms with Gasteiger partial charge in [-0.15, -0.1) is 0 Å². The van der Waals surface area contributed by atoms with Gasteiger partial charge >= 0.3 is 0 Å². The molecular weight excluding hydrogens is 238 g/mol. The summed E-state index contributed by atoms with van der Waals surface area (Å²) in [5.41, 5.74) is 3.31. The van der Waals surface area contributed by atoms with E-state index < -0.39 is 0 Å². The van der Waals surface area contributed by atoms with Gasteiger partial charge in [0.15, 0.2) is 0 Å². The Kier molecular flexibility index (Phi) is 8.33. The van der Waals surface area contributed by atoms with Crippen molar-refractivity contribution in [3.63, 3.8) is 0 Å². The van der Waals surface area contributed by atoms with Crippen LogP contribution in [-0.2, 0) is 0 Å². The fourth-order valence-electron chi connectivity index (χ4n) is 1.39. The van der Waals surface area contributed by atoms with E-state index in [4.69, 9.17) is 16.4 Å². The van der Waals surface area contributed by atoms with Crippen LogP contribution < -0.4 is 5.84 Å². The molecule has 1 aromatic carbocycles. The molecule has 5 heteroatoms. The van der Waals surface area contributed by atoms with E-state index in [9.17, 15) is 0 Å². The second-order valence-corrected chi connectivity index (χ2v) is 3.14. The molecule has 0 bridgehead atoms. The molecule has 0 spiro atoms. The number of aromatic nitrogens is 1. The van der Waals surface area contributed by atoms with Crippen molar-refractivity contribution < 1.29 is 0 Å². The second-order valence-electron chi connectivity index (χ2n) is 3.14. The maximum atomic E-state index is 6.50. The van der Waals surface area contributed by atoms with Crippen LogP contribution in [0.15, 0.2) is 53.9 Å². The van der Waals surface area contributed by atoms with Crippen LogP contribution in [0, 0.1) is 23.7 Å². The van der Waals surface area contributed by atoms with E-state index in [1.807, 2.05) is 36.4 Å². The lowest BCUT2D eigenvalue weighted by Gasteiger charge is -2.00. The molecule has 2 N–H and O–H groups in total. The highest BCUT2D eigenvalue weighted by Gasteiger charge is 1.95. The van der Waals surface area contributed by atoms with E-state index in [-0.39, 0.29) is 0 Å². The van der Waals surface area contributed by atoms with Crippen LogP contribution >= 0.6 is 0 Å². The Morgan fingerprint density at radius 2 is 1.37 bits per heavy atom. The van der Waals surface area contributed by atoms with Gasteiger partial charge in [0, 0.05) is 25.5 Å². The zero-order chi connectivity index (χ0) is 14.5. The Bertz CT molecular complexity index is 520. The highest BCUT2D eigenvalue weighted by Crippen LogP contribution is 2.17. The average Bonchev–Trinajstić information content (AvgIpc) is 2.53. The van der Waals surface area contributed by atoms with Crippen molar-refractivity contribution in [3.05, 3.63) is 54.4 Å². The summed E-state index contributed by atoms with van der Waals surface area (Å²) in [4.78, 5) is 3.98. The van der Waals surface area contributed by atoms with Crippen LogP contribution in [0.3, 0.4) is 0 Å². The molecule has 0 atom stereocenters. The zero-order valence-corrected chi connectivity index (χ0v) is 10.2. The molecule has 0 aliphatic carbocycles. The predicted molar refractivity (Wildman–Crippen MR) is 74.8 cm³/mol. The summed E-state index contributed by atoms with van der Waals surface area (Å²) in [5.74, 6) is 5.07. The van der Waals surface area contributed by atoms with Gasteiger partial charge in [0.05, 0.1) is 6.21 Å². The Morgan fingerprint density at radius 1 is 0.895 bits per heavy atom. The number of pyridine rings is 1. The molecule has 0 radical (unpaired) electrons. The Labute approximate surface area is 112 Å². The van der Waals surface area contributed by atoms with Crippen molar-refractivity contribution in [2.24, 2.45) is 10.9 Å². The minimum Gasteiger partial charge on any atom is -0.323 e. The number of benzene rings is 1. The third-order valence-corrected chi connectivity index (χ3v) is 2.15. The van der Waals surface area contributed by atoms with E-state index >= 15 is 0 Å². The summed E-state index contributed by atoms with van der Waals surface area (Å²) in [6, 6.07) is 12.0. The van der Waals surface area contributed by atoms with Crippen molar-refractivity contribution in [1.82, 2.24) is 4.98 Å². The van der Waals surface area contributed by atoms with E-state index in [1.54, 1.807) is 18.6 Å². The van der Waals surface area contributed by atoms with E-state index in [1.165, 1.54) is 0 Å². The van der Waals surface area contributed by atoms with Gasteiger partial charge in [-0.3, -0.25) is 4.98 Å². The minimum atomic E-state index is 0.996. The summed E-state index contributed by atoms with van der Waals surface area (Å²) in [7, 11) is 0. The van der Waals surface area contributed by atoms with Crippen LogP contribution in [0.1, 0.15) is 5.56 Å². The Morgan fingerprint density at radius 3 is 1.84 bits per heavy atom. The summed E-state index contributed by atoms with van der Waals surface area (Å²) in [6.45, 7) is 7.00. The number of nitriles is 2. The molecule has 0 aliphatic heterocycles. The first-order chi connectivity index (χ1) is 9.40. The predicted octanol–water partition coefficient (Wildman–Crippen LogP) is 2.32. The second kappa shape index (κ2) is 10.0. The van der Waals surface area contributed by atoms with Crippen molar-refractivity contribution in [2.45, 2.75) is 0 Å². The van der Waals surface area contributed by atoms with Crippen molar-refractivity contribution in [2.75, 3.05) is 0 Å². The van der Waals surface area contributed by atoms with E-state index in [0.29, 0.717) is 0 Å². The number of hydrogen-bond donors (Lipinski definition) is 1. The molecule has 0 aliphatic rings. The minimum absolute atomic E-state index is 0.996. The highest BCUT2D eigenvalue weighted by molar-refractivity contribution is 5.80. The molecular formula is C14H13N5. The van der Waals surface area contributed by atoms with Gasteiger partial charge in [0.2, 0.25) is 0 Å². The molecule has 0 saturated carbocycles. The maximum Gasteiger partial charge on any atom is 0.0538 e. The molecule has 5 nitrogen and oxygen atoms in total. The number of rotatable bonds is 2. The lowest BCUT2D eigenvalue weighted by Crippen LogP contribution is -1.86. The van der Waals surface area contributed by atoms with Gasteiger partial charge in [-0.25, -0.2) is 10.5 Å². The first kappa shape index (κ1) is 15.8. The topological polar surface area (TPSA) is 98.8 Å². The fraction of sp³-hybridized carbons (Fsp3) is 0. The zero-order valence-electron chi connectivity index (χ0n) is 10.2. The molecule has 0 saturated heterocycles. The highest BCUT2D eigenvalue weighted by atomic mass is 15.1. The summed E-state index contributed by atoms with van der Waals surface area (Å²) in [5, 5.41) is 16.5. The molecule has 19 heavy (non-hydrogen) atoms. The van der Waals surface area contributed by atoms with E-state index in [2.05, 4.69) is 23.2 Å². The number of nitrogens with zero attached hydrogens (tertiary/aromatic N) is 4. The molecule has 94 valence electrons. The third-order valence-electron chi connectivity index (χ3n) is 2.15. The van der Waals surface area contributed by atoms with Gasteiger partial charge in [0.25, 0.3) is 0 Å². The SMILES string of the molecule is C#N.C#N.NN=Cc1ccc(-c2ccncc2)cc1. The van der Waals surface area contributed by atoms with Crippen LogP contribution in [0.25, 0.3) is 11.1 Å². The standard InChI is InChI=1S/C12H11N3.2CHN/c13-15-9-10-1-3-11(4-2-10)12-5-7-14-8-6-12;2*1-2/h1-9H,13H2;2*1H. The Balaban J connectivity index is 0.000000741. The molecule has 0 fully saturated rings. The smallest absolute Gasteiger partial charge is 0.0538 e. The number of nitrogens with two attached hydrogens (primary N) is 1. The lowest BCUT2D eigenvalue weighted by molar-refractivity contribution is 1.26. The van der Waals surface area contributed by atoms with Gasteiger partial charge in [-0.1, -0.05) is 24.3 Å². The molecule has 1 aromatic heterocycles. The normalized spacial score (nSPS) is 8.63. The molecule has 1 heterocycles. The van der Waals surface area contributed by atoms with Crippen LogP contribution in [0.4, 0.5) is 0 Å². The fourth-order valence-corrected chi connectivity index (χ4v) is 1.39. The molecule has 0 amide bonds. The lowest BCUT2D eigenvalue weighted by atomic mass is 10.1. The van der Waals surface area contributed by atoms with Gasteiger partial charge in [0.1, 0.15) is 0 Å². The van der Waals surface area contributed by atoms with Crippen molar-refractivity contribution in [3.8, 4) is 24.3 Å². The summed E-state index contributed by atoms with van der Waals surface area (Å²) < 4.78 is 0. The van der Waals surface area contributed by atoms with Gasteiger partial charge in [-0.05, 0) is 28.8 Å². The number of hydrogen-bond acceptors (Lipinski definition) is 5. The third kappa shape index (κ3) is 5.12. The van der Waals surface area contributed by atoms with Crippen LogP contribution in [0.2, 0.25) is 0 Å². The monoisotopic (exact) mass is 251 g/mol. The Hall–Kier alpha value is -3.18. The largest absolute Gasteiger partial charge is 0.323 e. The average molecular weight is 251 g/mol. The maximum absolute atomic E-state index is 6.50. The first-order valence-corrected chi connectivity index (χ1v) is 5.15. The number of hydrazone groups is 1. The van der Waals surface area contributed by atoms with Crippen LogP contribution in [-0.4, -0.2) is 11.2 Å². The van der Waals surface area contributed by atoms with Crippen LogP contribution in [0.5, 0.6) is 0 Å². The van der Waals surface area contributed by atoms with Gasteiger partial charge < -0.3 is 5.84 Å². The molecule has 0 unspecified atom stereocenters. The quantitative estimate of drug-likeness (QED) is 0.503.